The average molecular weight is 275 g/mol. The molecule has 1 fully saturated rings. The van der Waals surface area contributed by atoms with Crippen LogP contribution in [0.4, 0.5) is 5.69 Å². The molecule has 1 aliphatic heterocycles. The van der Waals surface area contributed by atoms with Crippen LogP contribution < -0.4 is 10.2 Å². The highest BCUT2D eigenvalue weighted by Gasteiger charge is 2.23. The molecule has 0 saturated carbocycles. The Hall–Kier alpha value is -1.06. The van der Waals surface area contributed by atoms with Crippen LogP contribution in [-0.2, 0) is 0 Å². The van der Waals surface area contributed by atoms with Crippen LogP contribution in [0, 0.1) is 0 Å². The fourth-order valence-corrected chi connectivity index (χ4v) is 3.27. The molecule has 1 heterocycles. The van der Waals surface area contributed by atoms with Gasteiger partial charge in [0.1, 0.15) is 0 Å². The van der Waals surface area contributed by atoms with E-state index in [0.29, 0.717) is 6.04 Å². The standard InChI is InChI=1S/C17H29N3/c1-5-16(18-2)15-8-6-7-9-17(15)20-12-10-14(11-13-20)19(3)4/h6-9,14,16,18H,5,10-13H2,1-4H3. The highest BCUT2D eigenvalue weighted by atomic mass is 15.2. The molecule has 1 aliphatic rings. The fraction of sp³-hybridized carbons (Fsp3) is 0.647. The molecule has 112 valence electrons. The number of hydrogen-bond donors (Lipinski definition) is 1. The number of hydrogen-bond acceptors (Lipinski definition) is 3. The maximum atomic E-state index is 3.44. The molecule has 0 aromatic heterocycles. The van der Waals surface area contributed by atoms with Crippen molar-refractivity contribution in [3.05, 3.63) is 29.8 Å². The minimum Gasteiger partial charge on any atom is -0.371 e. The Morgan fingerprint density at radius 3 is 2.45 bits per heavy atom. The van der Waals surface area contributed by atoms with Gasteiger partial charge in [0.15, 0.2) is 0 Å². The quantitative estimate of drug-likeness (QED) is 0.891. The lowest BCUT2D eigenvalue weighted by molar-refractivity contribution is 0.249. The van der Waals surface area contributed by atoms with Gasteiger partial charge in [-0.1, -0.05) is 25.1 Å². The first-order chi connectivity index (χ1) is 9.67. The molecule has 2 rings (SSSR count). The molecule has 20 heavy (non-hydrogen) atoms. The number of anilines is 1. The number of nitrogens with zero attached hydrogens (tertiary/aromatic N) is 2. The number of benzene rings is 1. The largest absolute Gasteiger partial charge is 0.371 e. The molecule has 1 atom stereocenters. The maximum absolute atomic E-state index is 3.44. The molecule has 0 aliphatic carbocycles. The van der Waals surface area contributed by atoms with Crippen molar-refractivity contribution in [2.45, 2.75) is 38.3 Å². The summed E-state index contributed by atoms with van der Waals surface area (Å²) in [4.78, 5) is 4.93. The van der Waals surface area contributed by atoms with E-state index >= 15 is 0 Å². The zero-order valence-electron chi connectivity index (χ0n) is 13.4. The first kappa shape index (κ1) is 15.3. The molecule has 0 bridgehead atoms. The Labute approximate surface area is 124 Å². The topological polar surface area (TPSA) is 18.5 Å². The molecule has 1 unspecified atom stereocenters. The van der Waals surface area contributed by atoms with Crippen LogP contribution in [0.1, 0.15) is 37.8 Å². The predicted octanol–water partition coefficient (Wildman–Crippen LogP) is 2.89. The zero-order valence-corrected chi connectivity index (χ0v) is 13.4. The van der Waals surface area contributed by atoms with Crippen molar-refractivity contribution in [1.82, 2.24) is 10.2 Å². The number of para-hydroxylation sites is 1. The molecule has 0 radical (unpaired) electrons. The number of piperidine rings is 1. The van der Waals surface area contributed by atoms with Gasteiger partial charge in [-0.05, 0) is 52.0 Å². The molecule has 1 aromatic rings. The van der Waals surface area contributed by atoms with Gasteiger partial charge in [0.25, 0.3) is 0 Å². The maximum Gasteiger partial charge on any atom is 0.0414 e. The summed E-state index contributed by atoms with van der Waals surface area (Å²) in [5.74, 6) is 0. The lowest BCUT2D eigenvalue weighted by atomic mass is 9.98. The lowest BCUT2D eigenvalue weighted by Gasteiger charge is -2.38. The summed E-state index contributed by atoms with van der Waals surface area (Å²) >= 11 is 0. The van der Waals surface area contributed by atoms with Gasteiger partial charge in [-0.2, -0.15) is 0 Å². The molecule has 3 nitrogen and oxygen atoms in total. The summed E-state index contributed by atoms with van der Waals surface area (Å²) in [5, 5.41) is 3.44. The molecule has 1 saturated heterocycles. The van der Waals surface area contributed by atoms with Gasteiger partial charge < -0.3 is 15.1 Å². The van der Waals surface area contributed by atoms with E-state index in [1.54, 1.807) is 0 Å². The van der Waals surface area contributed by atoms with E-state index in [9.17, 15) is 0 Å². The van der Waals surface area contributed by atoms with Crippen LogP contribution in [-0.4, -0.2) is 45.2 Å². The van der Waals surface area contributed by atoms with Crippen molar-refractivity contribution in [2.75, 3.05) is 39.1 Å². The van der Waals surface area contributed by atoms with E-state index in [0.717, 1.165) is 12.5 Å². The van der Waals surface area contributed by atoms with Gasteiger partial charge >= 0.3 is 0 Å². The Balaban J connectivity index is 2.13. The number of nitrogens with one attached hydrogen (secondary N) is 1. The molecule has 1 aromatic carbocycles. The van der Waals surface area contributed by atoms with Crippen molar-refractivity contribution in [3.63, 3.8) is 0 Å². The Kier molecular flexibility index (Phi) is 5.44. The molecule has 3 heteroatoms. The summed E-state index contributed by atoms with van der Waals surface area (Å²) in [6, 6.07) is 10.1. The lowest BCUT2D eigenvalue weighted by Crippen LogP contribution is -2.42. The van der Waals surface area contributed by atoms with Gasteiger partial charge in [-0.3, -0.25) is 0 Å². The number of rotatable bonds is 5. The molecule has 0 amide bonds. The van der Waals surface area contributed by atoms with Gasteiger partial charge in [0.2, 0.25) is 0 Å². The summed E-state index contributed by atoms with van der Waals surface area (Å²) in [5.41, 5.74) is 2.87. The van der Waals surface area contributed by atoms with Crippen LogP contribution in [0.25, 0.3) is 0 Å². The third-order valence-electron chi connectivity index (χ3n) is 4.60. The normalized spacial score (nSPS) is 18.6. The van der Waals surface area contributed by atoms with E-state index in [4.69, 9.17) is 0 Å². The monoisotopic (exact) mass is 275 g/mol. The highest BCUT2D eigenvalue weighted by Crippen LogP contribution is 2.30. The van der Waals surface area contributed by atoms with Crippen molar-refractivity contribution in [2.24, 2.45) is 0 Å². The summed E-state index contributed by atoms with van der Waals surface area (Å²) < 4.78 is 0. The van der Waals surface area contributed by atoms with Crippen LogP contribution in [0.15, 0.2) is 24.3 Å². The van der Waals surface area contributed by atoms with Gasteiger partial charge in [0, 0.05) is 30.9 Å². The van der Waals surface area contributed by atoms with Crippen LogP contribution in [0.5, 0.6) is 0 Å². The van der Waals surface area contributed by atoms with Crippen LogP contribution >= 0.6 is 0 Å². The molecule has 1 N–H and O–H groups in total. The Morgan fingerprint density at radius 1 is 1.25 bits per heavy atom. The van der Waals surface area contributed by atoms with E-state index in [1.807, 2.05) is 0 Å². The minimum absolute atomic E-state index is 0.456. The minimum atomic E-state index is 0.456. The SMILES string of the molecule is CCC(NC)c1ccccc1N1CCC(N(C)C)CC1. The summed E-state index contributed by atoms with van der Waals surface area (Å²) in [6.07, 6.45) is 3.65. The van der Waals surface area contributed by atoms with Gasteiger partial charge in [-0.25, -0.2) is 0 Å². The van der Waals surface area contributed by atoms with Crippen LogP contribution in [0.3, 0.4) is 0 Å². The highest BCUT2D eigenvalue weighted by molar-refractivity contribution is 5.55. The van der Waals surface area contributed by atoms with Gasteiger partial charge in [0.05, 0.1) is 0 Å². The summed E-state index contributed by atoms with van der Waals surface area (Å²) in [6.45, 7) is 4.58. The van der Waals surface area contributed by atoms with E-state index in [2.05, 4.69) is 67.4 Å². The van der Waals surface area contributed by atoms with Crippen molar-refractivity contribution >= 4 is 5.69 Å². The predicted molar refractivity (Wildman–Crippen MR) is 87.5 cm³/mol. The van der Waals surface area contributed by atoms with Crippen molar-refractivity contribution in [3.8, 4) is 0 Å². The Bertz CT molecular complexity index is 404. The second-order valence-corrected chi connectivity index (χ2v) is 5.99. The third-order valence-corrected chi connectivity index (χ3v) is 4.60. The molecule has 0 spiro atoms. The summed E-state index contributed by atoms with van der Waals surface area (Å²) in [7, 11) is 6.45. The fourth-order valence-electron chi connectivity index (χ4n) is 3.27. The first-order valence-electron chi connectivity index (χ1n) is 7.85. The second kappa shape index (κ2) is 7.09. The average Bonchev–Trinajstić information content (AvgIpc) is 2.49. The second-order valence-electron chi connectivity index (χ2n) is 5.99. The van der Waals surface area contributed by atoms with E-state index < -0.39 is 0 Å². The van der Waals surface area contributed by atoms with E-state index in [-0.39, 0.29) is 0 Å². The van der Waals surface area contributed by atoms with Crippen molar-refractivity contribution in [1.29, 1.82) is 0 Å². The third kappa shape index (κ3) is 3.33. The molecular weight excluding hydrogens is 246 g/mol. The first-order valence-corrected chi connectivity index (χ1v) is 7.85. The van der Waals surface area contributed by atoms with Gasteiger partial charge in [-0.15, -0.1) is 0 Å². The van der Waals surface area contributed by atoms with E-state index in [1.165, 1.54) is 37.2 Å². The zero-order chi connectivity index (χ0) is 14.5. The molecular formula is C17H29N3. The Morgan fingerprint density at radius 2 is 1.90 bits per heavy atom. The smallest absolute Gasteiger partial charge is 0.0414 e. The van der Waals surface area contributed by atoms with Crippen LogP contribution in [0.2, 0.25) is 0 Å². The van der Waals surface area contributed by atoms with Crippen molar-refractivity contribution < 1.29 is 0 Å².